The molecule has 3 aromatic rings. The minimum atomic E-state index is -3.82. The van der Waals surface area contributed by atoms with Gasteiger partial charge in [-0.3, -0.25) is 9.13 Å². The number of benzene rings is 1. The smallest absolute Gasteiger partial charge is 0.295 e. The van der Waals surface area contributed by atoms with Gasteiger partial charge in [-0.2, -0.15) is 0 Å². The van der Waals surface area contributed by atoms with Crippen molar-refractivity contribution >= 4 is 27.0 Å². The molecule has 0 aliphatic heterocycles. The van der Waals surface area contributed by atoms with E-state index < -0.39 is 10.0 Å². The fraction of sp³-hybridized carbons (Fsp3) is 0.214. The lowest BCUT2D eigenvalue weighted by atomic mass is 10.3. The van der Waals surface area contributed by atoms with Gasteiger partial charge in [0.05, 0.1) is 15.9 Å². The lowest BCUT2D eigenvalue weighted by Crippen LogP contribution is -2.28. The van der Waals surface area contributed by atoms with Crippen molar-refractivity contribution in [3.05, 3.63) is 47.1 Å². The van der Waals surface area contributed by atoms with Crippen molar-refractivity contribution in [1.29, 1.82) is 0 Å². The molecule has 2 heterocycles. The van der Waals surface area contributed by atoms with Crippen LogP contribution in [0.3, 0.4) is 0 Å². The maximum Gasteiger partial charge on any atom is 0.328 e. The molecule has 0 N–H and O–H groups in total. The normalized spacial score (nSPS) is 11.8. The zero-order chi connectivity index (χ0) is 16.8. The molecule has 0 unspecified atom stereocenters. The van der Waals surface area contributed by atoms with E-state index in [-0.39, 0.29) is 16.5 Å². The number of sulfonamides is 1. The number of hydrogen-bond acceptors (Lipinski definition) is 5. The number of aromatic nitrogens is 4. The highest BCUT2D eigenvalue weighted by molar-refractivity contribution is 7.92. The summed E-state index contributed by atoms with van der Waals surface area (Å²) in [7, 11) is 0.812. The minimum Gasteiger partial charge on any atom is -0.295 e. The Morgan fingerprint density at radius 3 is 2.30 bits per heavy atom. The predicted molar refractivity (Wildman–Crippen MR) is 85.8 cm³/mol. The van der Waals surface area contributed by atoms with Gasteiger partial charge in [-0.1, -0.05) is 0 Å². The molecule has 0 spiro atoms. The number of fused-ring (bicyclic) bond motifs is 1. The second-order valence-electron chi connectivity index (χ2n) is 5.07. The molecule has 0 atom stereocenters. The van der Waals surface area contributed by atoms with E-state index in [1.54, 1.807) is 26.2 Å². The van der Waals surface area contributed by atoms with Gasteiger partial charge in [-0.15, -0.1) is 0 Å². The lowest BCUT2D eigenvalue weighted by molar-refractivity contribution is 0.593. The molecule has 0 saturated heterocycles. The van der Waals surface area contributed by atoms with Crippen molar-refractivity contribution in [2.75, 3.05) is 11.4 Å². The SMILES string of the molecule is CN(c1ncccn1)S(=O)(=O)c1ccc2c(c1)n(C)c(=O)n2C. The Kier molecular flexibility index (Phi) is 3.44. The van der Waals surface area contributed by atoms with E-state index in [2.05, 4.69) is 9.97 Å². The molecule has 0 radical (unpaired) electrons. The molecule has 9 heteroatoms. The van der Waals surface area contributed by atoms with Gasteiger partial charge in [0.2, 0.25) is 5.95 Å². The molecule has 0 bridgehead atoms. The fourth-order valence-electron chi connectivity index (χ4n) is 2.37. The molecular weight excluding hydrogens is 318 g/mol. The van der Waals surface area contributed by atoms with Crippen molar-refractivity contribution < 1.29 is 8.42 Å². The topological polar surface area (TPSA) is 90.1 Å². The molecule has 0 amide bonds. The third-order valence-electron chi connectivity index (χ3n) is 3.74. The second-order valence-corrected chi connectivity index (χ2v) is 7.04. The summed E-state index contributed by atoms with van der Waals surface area (Å²) < 4.78 is 29.3. The Bertz CT molecular complexity index is 1040. The first kappa shape index (κ1) is 15.2. The standard InChI is InChI=1S/C14H15N5O3S/c1-17-11-6-5-10(9-12(11)18(2)14(17)20)23(21,22)19(3)13-15-7-4-8-16-13/h4-9H,1-3H3. The van der Waals surface area contributed by atoms with Crippen LogP contribution in [0.4, 0.5) is 5.95 Å². The zero-order valence-electron chi connectivity index (χ0n) is 12.8. The molecule has 120 valence electrons. The summed E-state index contributed by atoms with van der Waals surface area (Å²) >= 11 is 0. The number of imidazole rings is 1. The van der Waals surface area contributed by atoms with Gasteiger partial charge in [-0.05, 0) is 24.3 Å². The van der Waals surface area contributed by atoms with Crippen LogP contribution < -0.4 is 9.99 Å². The van der Waals surface area contributed by atoms with Gasteiger partial charge < -0.3 is 0 Å². The summed E-state index contributed by atoms with van der Waals surface area (Å²) in [5, 5.41) is 0. The van der Waals surface area contributed by atoms with Gasteiger partial charge >= 0.3 is 5.69 Å². The molecule has 0 fully saturated rings. The van der Waals surface area contributed by atoms with Crippen LogP contribution in [-0.2, 0) is 24.1 Å². The maximum atomic E-state index is 12.7. The zero-order valence-corrected chi connectivity index (χ0v) is 13.6. The van der Waals surface area contributed by atoms with Crippen LogP contribution in [0.1, 0.15) is 0 Å². The van der Waals surface area contributed by atoms with E-state index in [0.29, 0.717) is 11.0 Å². The number of anilines is 1. The molecule has 8 nitrogen and oxygen atoms in total. The molecule has 23 heavy (non-hydrogen) atoms. The van der Waals surface area contributed by atoms with E-state index >= 15 is 0 Å². The molecule has 0 aliphatic rings. The Morgan fingerprint density at radius 2 is 1.65 bits per heavy atom. The minimum absolute atomic E-state index is 0.0705. The monoisotopic (exact) mass is 333 g/mol. The van der Waals surface area contributed by atoms with Crippen LogP contribution in [0.25, 0.3) is 11.0 Å². The first-order valence-electron chi connectivity index (χ1n) is 6.75. The summed E-state index contributed by atoms with van der Waals surface area (Å²) in [6.07, 6.45) is 2.94. The van der Waals surface area contributed by atoms with E-state index in [0.717, 1.165) is 4.31 Å². The maximum absolute atomic E-state index is 12.7. The van der Waals surface area contributed by atoms with E-state index in [1.807, 2.05) is 0 Å². The third-order valence-corrected chi connectivity index (χ3v) is 5.47. The summed E-state index contributed by atoms with van der Waals surface area (Å²) in [6.45, 7) is 0. The highest BCUT2D eigenvalue weighted by Crippen LogP contribution is 2.22. The molecular formula is C14H15N5O3S. The van der Waals surface area contributed by atoms with Crippen molar-refractivity contribution in [3.8, 4) is 0 Å². The van der Waals surface area contributed by atoms with E-state index in [4.69, 9.17) is 0 Å². The largest absolute Gasteiger partial charge is 0.328 e. The summed E-state index contributed by atoms with van der Waals surface area (Å²) in [6, 6.07) is 6.17. The Hall–Kier alpha value is -2.68. The quantitative estimate of drug-likeness (QED) is 0.696. The van der Waals surface area contributed by atoms with Gasteiger partial charge in [0.1, 0.15) is 0 Å². The fourth-order valence-corrected chi connectivity index (χ4v) is 3.49. The van der Waals surface area contributed by atoms with Crippen molar-refractivity contribution in [1.82, 2.24) is 19.1 Å². The highest BCUT2D eigenvalue weighted by Gasteiger charge is 2.24. The molecule has 0 saturated carbocycles. The third kappa shape index (κ3) is 2.29. The summed E-state index contributed by atoms with van der Waals surface area (Å²) in [4.78, 5) is 19.9. The van der Waals surface area contributed by atoms with Crippen LogP contribution in [0, 0.1) is 0 Å². The van der Waals surface area contributed by atoms with Crippen molar-refractivity contribution in [2.24, 2.45) is 14.1 Å². The van der Waals surface area contributed by atoms with Crippen LogP contribution >= 0.6 is 0 Å². The predicted octanol–water partition coefficient (Wildman–Crippen LogP) is 0.492. The molecule has 1 aromatic carbocycles. The number of nitrogens with zero attached hydrogens (tertiary/aromatic N) is 5. The lowest BCUT2D eigenvalue weighted by Gasteiger charge is -2.17. The van der Waals surface area contributed by atoms with Crippen molar-refractivity contribution in [3.63, 3.8) is 0 Å². The molecule has 2 aromatic heterocycles. The van der Waals surface area contributed by atoms with Gasteiger partial charge in [0.25, 0.3) is 10.0 Å². The van der Waals surface area contributed by atoms with Crippen molar-refractivity contribution in [2.45, 2.75) is 4.90 Å². The van der Waals surface area contributed by atoms with E-state index in [9.17, 15) is 13.2 Å². The summed E-state index contributed by atoms with van der Waals surface area (Å²) in [5.41, 5.74) is 0.991. The van der Waals surface area contributed by atoms with Crippen LogP contribution in [0.2, 0.25) is 0 Å². The summed E-state index contributed by atoms with van der Waals surface area (Å²) in [5.74, 6) is 0.0783. The van der Waals surface area contributed by atoms with Gasteiger partial charge in [-0.25, -0.2) is 27.5 Å². The Balaban J connectivity index is 2.16. The average Bonchev–Trinajstić information content (AvgIpc) is 2.79. The van der Waals surface area contributed by atoms with Crippen LogP contribution in [0.15, 0.2) is 46.3 Å². The Labute approximate surface area is 132 Å². The Morgan fingerprint density at radius 1 is 1.04 bits per heavy atom. The van der Waals surface area contributed by atoms with Crippen LogP contribution in [0.5, 0.6) is 0 Å². The first-order chi connectivity index (χ1) is 10.8. The van der Waals surface area contributed by atoms with Gasteiger partial charge in [0.15, 0.2) is 0 Å². The molecule has 0 aliphatic carbocycles. The van der Waals surface area contributed by atoms with E-state index in [1.165, 1.54) is 40.7 Å². The number of aryl methyl sites for hydroxylation is 2. The second kappa shape index (κ2) is 5.20. The number of hydrogen-bond donors (Lipinski definition) is 0. The highest BCUT2D eigenvalue weighted by atomic mass is 32.2. The molecule has 3 rings (SSSR count). The number of rotatable bonds is 3. The van der Waals surface area contributed by atoms with Crippen LogP contribution in [-0.4, -0.2) is 34.6 Å². The van der Waals surface area contributed by atoms with Gasteiger partial charge in [0, 0.05) is 33.5 Å². The first-order valence-corrected chi connectivity index (χ1v) is 8.19. The average molecular weight is 333 g/mol.